The summed E-state index contributed by atoms with van der Waals surface area (Å²) in [7, 11) is -4.62. The lowest BCUT2D eigenvalue weighted by atomic mass is 10.1. The Bertz CT molecular complexity index is 1350. The summed E-state index contributed by atoms with van der Waals surface area (Å²) in [5.74, 6) is -0.788. The molecule has 4 N–H and O–H groups in total. The molecule has 0 fully saturated rings. The highest BCUT2D eigenvalue weighted by Gasteiger charge is 2.17. The number of aromatic amines is 1. The number of aromatic nitrogens is 4. The van der Waals surface area contributed by atoms with Crippen LogP contribution in [0.25, 0.3) is 22.3 Å². The maximum atomic E-state index is 13.7. The molecule has 0 bridgehead atoms. The molecule has 4 rings (SSSR count). The van der Waals surface area contributed by atoms with Crippen LogP contribution in [0.1, 0.15) is 21.7 Å². The number of fused-ring (bicyclic) bond motifs is 1. The third kappa shape index (κ3) is 4.76. The summed E-state index contributed by atoms with van der Waals surface area (Å²) >= 11 is 0. The molecule has 4 aromatic rings. The van der Waals surface area contributed by atoms with Crippen LogP contribution in [0.3, 0.4) is 0 Å². The number of carbonyl (C=O) groups excluding carboxylic acids is 1. The molecule has 3 heterocycles. The molecule has 12 heteroatoms. The number of hydrogen-bond acceptors (Lipinski definition) is 5. The Morgan fingerprint density at radius 1 is 1.28 bits per heavy atom. The van der Waals surface area contributed by atoms with Gasteiger partial charge in [-0.2, -0.15) is 5.10 Å². The molecule has 10 nitrogen and oxygen atoms in total. The quantitative estimate of drug-likeness (QED) is 0.311. The molecular weight excluding hydrogens is 440 g/mol. The zero-order chi connectivity index (χ0) is 22.9. The highest BCUT2D eigenvalue weighted by atomic mass is 31.2. The van der Waals surface area contributed by atoms with Crippen molar-refractivity contribution in [1.82, 2.24) is 25.1 Å². The Kier molecular flexibility index (Phi) is 5.90. The number of H-pyrrole nitrogens is 1. The number of nitrogens with zero attached hydrogens (tertiary/aromatic N) is 3. The number of carbonyl (C=O) groups is 1. The maximum Gasteiger partial charge on any atom is 0.471 e. The summed E-state index contributed by atoms with van der Waals surface area (Å²) in [6.45, 7) is 1.36. The van der Waals surface area contributed by atoms with Gasteiger partial charge < -0.3 is 20.1 Å². The third-order valence-electron chi connectivity index (χ3n) is 4.85. The van der Waals surface area contributed by atoms with E-state index in [1.165, 1.54) is 16.9 Å². The van der Waals surface area contributed by atoms with Gasteiger partial charge in [0.05, 0.1) is 11.9 Å². The number of halogens is 1. The van der Waals surface area contributed by atoms with Crippen LogP contribution in [-0.4, -0.2) is 35.4 Å². The van der Waals surface area contributed by atoms with E-state index in [1.807, 2.05) is 0 Å². The SMILES string of the molecule is Cc1c(-c2ccc3cc(C(=O)NCc4ccccc4F)[nH]c3n2)cnn1COP(=O)(O)O. The number of nitrogens with one attached hydrogen (secondary N) is 2. The average molecular weight is 459 g/mol. The first-order valence-electron chi connectivity index (χ1n) is 9.45. The summed E-state index contributed by atoms with van der Waals surface area (Å²) in [5.41, 5.74) is 2.92. The molecule has 0 spiro atoms. The first kappa shape index (κ1) is 21.8. The Labute approximate surface area is 181 Å². The van der Waals surface area contributed by atoms with Crippen LogP contribution in [0.15, 0.2) is 48.7 Å². The minimum Gasteiger partial charge on any atom is -0.347 e. The lowest BCUT2D eigenvalue weighted by Gasteiger charge is -2.07. The first-order valence-corrected chi connectivity index (χ1v) is 11.0. The maximum absolute atomic E-state index is 13.7. The van der Waals surface area contributed by atoms with Gasteiger partial charge in [-0.1, -0.05) is 18.2 Å². The fraction of sp³-hybridized carbons (Fsp3) is 0.150. The largest absolute Gasteiger partial charge is 0.471 e. The molecule has 32 heavy (non-hydrogen) atoms. The average Bonchev–Trinajstić information content (AvgIpc) is 3.33. The molecule has 1 amide bonds. The predicted molar refractivity (Wildman–Crippen MR) is 113 cm³/mol. The van der Waals surface area contributed by atoms with Gasteiger partial charge in [0, 0.05) is 28.8 Å². The Hall–Kier alpha value is -3.37. The van der Waals surface area contributed by atoms with Crippen molar-refractivity contribution in [2.24, 2.45) is 0 Å². The van der Waals surface area contributed by atoms with Crippen molar-refractivity contribution in [3.8, 4) is 11.3 Å². The predicted octanol–water partition coefficient (Wildman–Crippen LogP) is 2.87. The Morgan fingerprint density at radius 2 is 2.06 bits per heavy atom. The molecular formula is C20H19FN5O5P. The van der Waals surface area contributed by atoms with E-state index in [9.17, 15) is 13.8 Å². The molecule has 0 saturated carbocycles. The van der Waals surface area contributed by atoms with Gasteiger partial charge in [0.25, 0.3) is 5.91 Å². The molecule has 0 unspecified atom stereocenters. The van der Waals surface area contributed by atoms with Gasteiger partial charge in [-0.25, -0.2) is 18.6 Å². The van der Waals surface area contributed by atoms with Crippen LogP contribution in [0.2, 0.25) is 0 Å². The second-order valence-electron chi connectivity index (χ2n) is 6.98. The van der Waals surface area contributed by atoms with Gasteiger partial charge in [0.2, 0.25) is 0 Å². The topological polar surface area (TPSA) is 142 Å². The molecule has 0 atom stereocenters. The number of phosphoric acid groups is 1. The van der Waals surface area contributed by atoms with Gasteiger partial charge in [-0.05, 0) is 31.2 Å². The van der Waals surface area contributed by atoms with Gasteiger partial charge in [-0.3, -0.25) is 9.32 Å². The molecule has 0 aliphatic carbocycles. The second-order valence-corrected chi connectivity index (χ2v) is 8.22. The number of phosphoric ester groups is 1. The lowest BCUT2D eigenvalue weighted by molar-refractivity contribution is 0.0946. The van der Waals surface area contributed by atoms with E-state index in [-0.39, 0.29) is 12.2 Å². The molecule has 0 aliphatic rings. The van der Waals surface area contributed by atoms with Crippen LogP contribution in [-0.2, 0) is 22.4 Å². The highest BCUT2D eigenvalue weighted by molar-refractivity contribution is 7.46. The summed E-state index contributed by atoms with van der Waals surface area (Å²) in [4.78, 5) is 37.7. The van der Waals surface area contributed by atoms with E-state index in [4.69, 9.17) is 9.79 Å². The number of rotatable bonds is 7. The van der Waals surface area contributed by atoms with E-state index in [2.05, 4.69) is 24.9 Å². The van der Waals surface area contributed by atoms with Crippen LogP contribution in [0, 0.1) is 12.7 Å². The highest BCUT2D eigenvalue weighted by Crippen LogP contribution is 2.36. The van der Waals surface area contributed by atoms with E-state index < -0.39 is 26.3 Å². The lowest BCUT2D eigenvalue weighted by Crippen LogP contribution is -2.23. The Morgan fingerprint density at radius 3 is 2.81 bits per heavy atom. The minimum atomic E-state index is -4.62. The van der Waals surface area contributed by atoms with Crippen molar-refractivity contribution in [2.45, 2.75) is 20.2 Å². The molecule has 1 aromatic carbocycles. The summed E-state index contributed by atoms with van der Waals surface area (Å²) in [6.07, 6.45) is 1.51. The standard InChI is InChI=1S/C20H19FN5O5P/c1-12-15(10-23-26(12)11-31-32(28,29)30)17-7-6-13-8-18(25-19(13)24-17)20(27)22-9-14-4-2-3-5-16(14)21/h2-8,10H,9,11H2,1H3,(H,22,27)(H,24,25)(H2,28,29,30). The van der Waals surface area contributed by atoms with Gasteiger partial charge in [0.1, 0.15) is 17.2 Å². The third-order valence-corrected chi connectivity index (χ3v) is 5.30. The number of benzene rings is 1. The van der Waals surface area contributed by atoms with Crippen LogP contribution in [0.5, 0.6) is 0 Å². The van der Waals surface area contributed by atoms with E-state index in [1.54, 1.807) is 43.3 Å². The number of hydrogen-bond donors (Lipinski definition) is 4. The van der Waals surface area contributed by atoms with Crippen molar-refractivity contribution >= 4 is 24.8 Å². The van der Waals surface area contributed by atoms with Gasteiger partial charge >= 0.3 is 7.82 Å². The van der Waals surface area contributed by atoms with Gasteiger partial charge in [-0.15, -0.1) is 0 Å². The fourth-order valence-electron chi connectivity index (χ4n) is 3.15. The van der Waals surface area contributed by atoms with Gasteiger partial charge in [0.15, 0.2) is 6.73 Å². The van der Waals surface area contributed by atoms with E-state index >= 15 is 0 Å². The Balaban J connectivity index is 1.52. The molecule has 0 radical (unpaired) electrons. The summed E-state index contributed by atoms with van der Waals surface area (Å²) in [6, 6.07) is 11.4. The normalized spacial score (nSPS) is 11.8. The monoisotopic (exact) mass is 459 g/mol. The minimum absolute atomic E-state index is 0.0502. The van der Waals surface area contributed by atoms with Crippen molar-refractivity contribution in [1.29, 1.82) is 0 Å². The zero-order valence-electron chi connectivity index (χ0n) is 16.8. The smallest absolute Gasteiger partial charge is 0.347 e. The summed E-state index contributed by atoms with van der Waals surface area (Å²) < 4.78 is 30.4. The zero-order valence-corrected chi connectivity index (χ0v) is 17.7. The van der Waals surface area contributed by atoms with Crippen LogP contribution >= 0.6 is 7.82 Å². The van der Waals surface area contributed by atoms with Crippen molar-refractivity contribution in [2.75, 3.05) is 0 Å². The van der Waals surface area contributed by atoms with Crippen molar-refractivity contribution in [3.05, 3.63) is 71.4 Å². The number of pyridine rings is 1. The fourth-order valence-corrected chi connectivity index (χ4v) is 3.41. The second kappa shape index (κ2) is 8.64. The van der Waals surface area contributed by atoms with E-state index in [0.29, 0.717) is 33.5 Å². The number of amides is 1. The van der Waals surface area contributed by atoms with E-state index in [0.717, 1.165) is 0 Å². The van der Waals surface area contributed by atoms with Crippen LogP contribution in [0.4, 0.5) is 4.39 Å². The van der Waals surface area contributed by atoms with Crippen LogP contribution < -0.4 is 5.32 Å². The first-order chi connectivity index (χ1) is 15.2. The van der Waals surface area contributed by atoms with Crippen molar-refractivity contribution in [3.63, 3.8) is 0 Å². The molecule has 3 aromatic heterocycles. The summed E-state index contributed by atoms with van der Waals surface area (Å²) in [5, 5.41) is 7.45. The van der Waals surface area contributed by atoms with Crippen molar-refractivity contribution < 1.29 is 28.1 Å². The molecule has 0 saturated heterocycles. The molecule has 166 valence electrons. The molecule has 0 aliphatic heterocycles.